The van der Waals surface area contributed by atoms with Crippen LogP contribution in [0.5, 0.6) is 0 Å². The maximum atomic E-state index is 9.55. The van der Waals surface area contributed by atoms with Crippen molar-refractivity contribution in [2.45, 2.75) is 0 Å². The maximum Gasteiger partial charge on any atom is 0.328 e. The van der Waals surface area contributed by atoms with Crippen LogP contribution in [0.25, 0.3) is 11.0 Å². The lowest BCUT2D eigenvalue weighted by Gasteiger charge is -2.35. The summed E-state index contributed by atoms with van der Waals surface area (Å²) in [5.41, 5.74) is 2.01. The molecule has 0 saturated carbocycles. The predicted octanol–water partition coefficient (Wildman–Crippen LogP) is 1.52. The zero-order chi connectivity index (χ0) is 21.2. The fraction of sp³-hybridized carbons (Fsp3) is 0.250. The molecular weight excluding hydrogens is 374 g/mol. The fourth-order valence-corrected chi connectivity index (χ4v) is 2.75. The quantitative estimate of drug-likeness (QED) is 0.571. The molecule has 1 aromatic heterocycles. The zero-order valence-electron chi connectivity index (χ0n) is 15.7. The van der Waals surface area contributed by atoms with Crippen molar-refractivity contribution in [3.8, 4) is 6.07 Å². The van der Waals surface area contributed by atoms with E-state index in [1.165, 1.54) is 0 Å². The van der Waals surface area contributed by atoms with E-state index in [0.717, 1.165) is 43.8 Å². The second kappa shape index (κ2) is 10.5. The van der Waals surface area contributed by atoms with Gasteiger partial charge >= 0.3 is 11.9 Å². The molecule has 0 amide bonds. The first-order chi connectivity index (χ1) is 13.9. The highest BCUT2D eigenvalue weighted by Crippen LogP contribution is 2.21. The van der Waals surface area contributed by atoms with E-state index < -0.39 is 11.9 Å². The van der Waals surface area contributed by atoms with Crippen LogP contribution >= 0.6 is 0 Å². The van der Waals surface area contributed by atoms with Gasteiger partial charge < -0.3 is 15.1 Å². The Morgan fingerprint density at radius 3 is 2.10 bits per heavy atom. The number of aliphatic carboxylic acids is 2. The third-order valence-corrected chi connectivity index (χ3v) is 4.09. The first kappa shape index (κ1) is 21.5. The van der Waals surface area contributed by atoms with E-state index in [1.807, 2.05) is 30.3 Å². The molecule has 0 unspecified atom stereocenters. The standard InChI is InChI=1S/C16H17N5.C4H4O4/c1-2-7-20-8-10-21(11-9-20)16-15(12-17)18-13-5-3-4-6-14(13)19-16;5-3(6)1-2-4(7)8/h2-6H,1,7-11H2;1-2H,(H,5,6)(H,7,8)/b;2-1+. The Kier molecular flexibility index (Phi) is 7.82. The molecule has 0 aliphatic carbocycles. The molecule has 2 N–H and O–H groups in total. The summed E-state index contributed by atoms with van der Waals surface area (Å²) in [7, 11) is 0. The summed E-state index contributed by atoms with van der Waals surface area (Å²) < 4.78 is 0. The van der Waals surface area contributed by atoms with E-state index in [4.69, 9.17) is 10.2 Å². The SMILES string of the molecule is C=CCN1CCN(c2nc3ccccc3nc2C#N)CC1.O=C(O)/C=C/C(=O)O. The number of benzene rings is 1. The second-order valence-electron chi connectivity index (χ2n) is 6.08. The Labute approximate surface area is 167 Å². The molecule has 29 heavy (non-hydrogen) atoms. The van der Waals surface area contributed by atoms with Crippen LogP contribution in [0.4, 0.5) is 5.82 Å². The van der Waals surface area contributed by atoms with Crippen LogP contribution in [-0.2, 0) is 9.59 Å². The van der Waals surface area contributed by atoms with Crippen LogP contribution in [0, 0.1) is 11.3 Å². The summed E-state index contributed by atoms with van der Waals surface area (Å²) >= 11 is 0. The van der Waals surface area contributed by atoms with Gasteiger partial charge in [-0.1, -0.05) is 18.2 Å². The van der Waals surface area contributed by atoms with Crippen LogP contribution in [-0.4, -0.2) is 69.7 Å². The number of rotatable bonds is 5. The van der Waals surface area contributed by atoms with Gasteiger partial charge in [0.15, 0.2) is 11.5 Å². The zero-order valence-corrected chi connectivity index (χ0v) is 15.7. The lowest BCUT2D eigenvalue weighted by molar-refractivity contribution is -0.134. The monoisotopic (exact) mass is 395 g/mol. The average Bonchev–Trinajstić information content (AvgIpc) is 2.72. The maximum absolute atomic E-state index is 9.55. The highest BCUT2D eigenvalue weighted by molar-refractivity contribution is 5.89. The molecule has 1 aliphatic heterocycles. The third-order valence-electron chi connectivity index (χ3n) is 4.09. The number of aromatic nitrogens is 2. The molecule has 2 aromatic rings. The number of nitrogens with zero attached hydrogens (tertiary/aromatic N) is 5. The number of carboxylic acid groups (broad SMARTS) is 2. The van der Waals surface area contributed by atoms with Gasteiger partial charge in [-0.05, 0) is 12.1 Å². The number of para-hydroxylation sites is 2. The molecule has 3 rings (SSSR count). The van der Waals surface area contributed by atoms with Crippen LogP contribution in [0.1, 0.15) is 5.69 Å². The van der Waals surface area contributed by atoms with Crippen LogP contribution in [0.2, 0.25) is 0 Å². The number of hydrogen-bond acceptors (Lipinski definition) is 7. The topological polar surface area (TPSA) is 131 Å². The summed E-state index contributed by atoms with van der Waals surface area (Å²) in [5, 5.41) is 25.0. The molecule has 1 aliphatic rings. The highest BCUT2D eigenvalue weighted by atomic mass is 16.4. The minimum absolute atomic E-state index is 0.408. The minimum atomic E-state index is -1.26. The summed E-state index contributed by atoms with van der Waals surface area (Å²) in [6.07, 6.45) is 3.04. The molecule has 0 radical (unpaired) electrons. The molecule has 0 spiro atoms. The molecule has 150 valence electrons. The number of anilines is 1. The van der Waals surface area contributed by atoms with Crippen molar-refractivity contribution >= 4 is 28.8 Å². The smallest absolute Gasteiger partial charge is 0.328 e. The summed E-state index contributed by atoms with van der Waals surface area (Å²) in [4.78, 5) is 32.7. The Morgan fingerprint density at radius 1 is 1.07 bits per heavy atom. The van der Waals surface area contributed by atoms with Crippen LogP contribution in [0.3, 0.4) is 0 Å². The number of carboxylic acids is 2. The van der Waals surface area contributed by atoms with Gasteiger partial charge in [-0.3, -0.25) is 4.90 Å². The van der Waals surface area contributed by atoms with Gasteiger partial charge in [0.2, 0.25) is 0 Å². The van der Waals surface area contributed by atoms with Gasteiger partial charge in [-0.25, -0.2) is 19.6 Å². The molecule has 0 atom stereocenters. The Morgan fingerprint density at radius 2 is 1.62 bits per heavy atom. The van der Waals surface area contributed by atoms with Gasteiger partial charge in [0, 0.05) is 44.9 Å². The average molecular weight is 395 g/mol. The summed E-state index contributed by atoms with van der Waals surface area (Å²) in [6.45, 7) is 8.29. The van der Waals surface area contributed by atoms with Crippen molar-refractivity contribution < 1.29 is 19.8 Å². The van der Waals surface area contributed by atoms with E-state index >= 15 is 0 Å². The highest BCUT2D eigenvalue weighted by Gasteiger charge is 2.21. The molecule has 1 aromatic carbocycles. The Hall–Kier alpha value is -3.77. The van der Waals surface area contributed by atoms with E-state index in [9.17, 15) is 14.9 Å². The van der Waals surface area contributed by atoms with Gasteiger partial charge in [-0.2, -0.15) is 5.26 Å². The molecule has 9 nitrogen and oxygen atoms in total. The van der Waals surface area contributed by atoms with Gasteiger partial charge in [0.25, 0.3) is 0 Å². The van der Waals surface area contributed by atoms with Crippen molar-refractivity contribution in [3.63, 3.8) is 0 Å². The number of hydrogen-bond donors (Lipinski definition) is 2. The molecule has 1 saturated heterocycles. The van der Waals surface area contributed by atoms with Crippen molar-refractivity contribution in [1.29, 1.82) is 5.26 Å². The first-order valence-electron chi connectivity index (χ1n) is 8.83. The van der Waals surface area contributed by atoms with Crippen molar-refractivity contribution in [2.75, 3.05) is 37.6 Å². The van der Waals surface area contributed by atoms with Gasteiger partial charge in [0.05, 0.1) is 11.0 Å². The number of carbonyl (C=O) groups is 2. The number of fused-ring (bicyclic) bond motifs is 1. The minimum Gasteiger partial charge on any atom is -0.478 e. The van der Waals surface area contributed by atoms with Gasteiger partial charge in [0.1, 0.15) is 6.07 Å². The molecule has 2 heterocycles. The van der Waals surface area contributed by atoms with E-state index in [2.05, 4.69) is 32.4 Å². The predicted molar refractivity (Wildman–Crippen MR) is 108 cm³/mol. The first-order valence-corrected chi connectivity index (χ1v) is 8.83. The fourth-order valence-electron chi connectivity index (χ4n) is 2.75. The largest absolute Gasteiger partial charge is 0.478 e. The Bertz CT molecular complexity index is 943. The number of piperazine rings is 1. The lowest BCUT2D eigenvalue weighted by Crippen LogP contribution is -2.47. The molecule has 0 bridgehead atoms. The van der Waals surface area contributed by atoms with Crippen molar-refractivity contribution in [2.24, 2.45) is 0 Å². The molecule has 1 fully saturated rings. The summed E-state index contributed by atoms with van der Waals surface area (Å²) in [5.74, 6) is -1.81. The summed E-state index contributed by atoms with van der Waals surface area (Å²) in [6, 6.07) is 9.84. The Balaban J connectivity index is 0.000000321. The van der Waals surface area contributed by atoms with Crippen molar-refractivity contribution in [3.05, 3.63) is 54.8 Å². The number of nitriles is 1. The lowest BCUT2D eigenvalue weighted by atomic mass is 10.2. The van der Waals surface area contributed by atoms with E-state index in [0.29, 0.717) is 23.7 Å². The van der Waals surface area contributed by atoms with Crippen LogP contribution in [0.15, 0.2) is 49.1 Å². The third kappa shape index (κ3) is 6.41. The normalized spacial score (nSPS) is 14.1. The molecule has 9 heteroatoms. The van der Waals surface area contributed by atoms with E-state index in [1.54, 1.807) is 0 Å². The van der Waals surface area contributed by atoms with E-state index in [-0.39, 0.29) is 0 Å². The van der Waals surface area contributed by atoms with Crippen molar-refractivity contribution in [1.82, 2.24) is 14.9 Å². The van der Waals surface area contributed by atoms with Gasteiger partial charge in [-0.15, -0.1) is 6.58 Å². The van der Waals surface area contributed by atoms with Crippen LogP contribution < -0.4 is 4.90 Å². The second-order valence-corrected chi connectivity index (χ2v) is 6.08. The molecular formula is C20H21N5O4.